The molecule has 1 aliphatic carbocycles. The van der Waals surface area contributed by atoms with Gasteiger partial charge < -0.3 is 15.4 Å². The van der Waals surface area contributed by atoms with Gasteiger partial charge in [-0.05, 0) is 75.4 Å². The van der Waals surface area contributed by atoms with Crippen LogP contribution in [0.5, 0.6) is 5.75 Å². The zero-order valence-electron chi connectivity index (χ0n) is 12.5. The van der Waals surface area contributed by atoms with Crippen LogP contribution in [0.4, 0.5) is 4.39 Å². The zero-order valence-corrected chi connectivity index (χ0v) is 12.5. The van der Waals surface area contributed by atoms with Gasteiger partial charge >= 0.3 is 0 Å². The molecule has 0 amide bonds. The summed E-state index contributed by atoms with van der Waals surface area (Å²) < 4.78 is 19.3. The number of nitrogens with one attached hydrogen (secondary N) is 2. The van der Waals surface area contributed by atoms with Gasteiger partial charge in [-0.2, -0.15) is 0 Å². The third-order valence-corrected chi connectivity index (χ3v) is 4.40. The summed E-state index contributed by atoms with van der Waals surface area (Å²) in [6.07, 6.45) is 4.98. The van der Waals surface area contributed by atoms with E-state index in [1.165, 1.54) is 31.7 Å². The van der Waals surface area contributed by atoms with E-state index in [0.717, 1.165) is 43.5 Å². The first-order valence-electron chi connectivity index (χ1n) is 8.14. The molecule has 1 saturated carbocycles. The SMILES string of the molecule is Fc1ccc(OCC2CC2)c(CNCC2CCNCC2)c1. The van der Waals surface area contributed by atoms with E-state index in [1.807, 2.05) is 0 Å². The third kappa shape index (κ3) is 4.68. The number of ether oxygens (including phenoxy) is 1. The van der Waals surface area contributed by atoms with Gasteiger partial charge in [0.1, 0.15) is 11.6 Å². The standard InChI is InChI=1S/C17H25FN2O/c18-16-3-4-17(21-12-14-1-2-14)15(9-16)11-20-10-13-5-7-19-8-6-13/h3-4,9,13-14,19-20H,1-2,5-8,10-12H2. The molecule has 3 nitrogen and oxygen atoms in total. The van der Waals surface area contributed by atoms with Crippen molar-refractivity contribution in [2.24, 2.45) is 11.8 Å². The van der Waals surface area contributed by atoms with Crippen LogP contribution in [0, 0.1) is 17.7 Å². The van der Waals surface area contributed by atoms with Crippen LogP contribution in [0.2, 0.25) is 0 Å². The van der Waals surface area contributed by atoms with Gasteiger partial charge in [0.05, 0.1) is 6.61 Å². The smallest absolute Gasteiger partial charge is 0.123 e. The van der Waals surface area contributed by atoms with Crippen LogP contribution < -0.4 is 15.4 Å². The molecule has 1 aromatic rings. The molecular weight excluding hydrogens is 267 g/mol. The fourth-order valence-corrected chi connectivity index (χ4v) is 2.82. The minimum absolute atomic E-state index is 0.188. The molecule has 2 N–H and O–H groups in total. The number of hydrogen-bond donors (Lipinski definition) is 2. The van der Waals surface area contributed by atoms with E-state index in [2.05, 4.69) is 10.6 Å². The molecule has 1 aliphatic heterocycles. The first kappa shape index (κ1) is 14.8. The van der Waals surface area contributed by atoms with Gasteiger partial charge in [0, 0.05) is 12.1 Å². The fraction of sp³-hybridized carbons (Fsp3) is 0.647. The van der Waals surface area contributed by atoms with Gasteiger partial charge in [-0.3, -0.25) is 0 Å². The van der Waals surface area contributed by atoms with Crippen molar-refractivity contribution in [1.29, 1.82) is 0 Å². The number of hydrogen-bond acceptors (Lipinski definition) is 3. The topological polar surface area (TPSA) is 33.3 Å². The summed E-state index contributed by atoms with van der Waals surface area (Å²) in [5.41, 5.74) is 0.935. The van der Waals surface area contributed by atoms with E-state index in [0.29, 0.717) is 12.5 Å². The average molecular weight is 292 g/mol. The molecule has 2 aliphatic rings. The Bertz CT molecular complexity index is 456. The lowest BCUT2D eigenvalue weighted by molar-refractivity contribution is 0.294. The lowest BCUT2D eigenvalue weighted by atomic mass is 9.98. The Hall–Kier alpha value is -1.13. The Morgan fingerprint density at radius 2 is 1.95 bits per heavy atom. The summed E-state index contributed by atoms with van der Waals surface area (Å²) in [4.78, 5) is 0. The summed E-state index contributed by atoms with van der Waals surface area (Å²) in [5, 5.41) is 6.84. The van der Waals surface area contributed by atoms with Crippen LogP contribution in [-0.4, -0.2) is 26.2 Å². The molecule has 4 heteroatoms. The van der Waals surface area contributed by atoms with Gasteiger partial charge in [-0.1, -0.05) is 0 Å². The monoisotopic (exact) mass is 292 g/mol. The van der Waals surface area contributed by atoms with Gasteiger partial charge in [0.2, 0.25) is 0 Å². The highest BCUT2D eigenvalue weighted by molar-refractivity contribution is 5.34. The zero-order chi connectivity index (χ0) is 14.5. The van der Waals surface area contributed by atoms with Crippen LogP contribution in [0.15, 0.2) is 18.2 Å². The molecule has 2 fully saturated rings. The largest absolute Gasteiger partial charge is 0.493 e. The maximum atomic E-state index is 13.4. The summed E-state index contributed by atoms with van der Waals surface area (Å²) in [6.45, 7) is 4.68. The van der Waals surface area contributed by atoms with Crippen molar-refractivity contribution in [1.82, 2.24) is 10.6 Å². The van der Waals surface area contributed by atoms with Crippen molar-refractivity contribution in [3.8, 4) is 5.75 Å². The molecule has 0 spiro atoms. The maximum absolute atomic E-state index is 13.4. The highest BCUT2D eigenvalue weighted by Gasteiger charge is 2.22. The van der Waals surface area contributed by atoms with E-state index in [1.54, 1.807) is 12.1 Å². The maximum Gasteiger partial charge on any atom is 0.123 e. The Kier molecular flexibility index (Phi) is 5.09. The first-order chi connectivity index (χ1) is 10.3. The summed E-state index contributed by atoms with van der Waals surface area (Å²) in [7, 11) is 0. The van der Waals surface area contributed by atoms with Crippen molar-refractivity contribution < 1.29 is 9.13 Å². The van der Waals surface area contributed by atoms with Crippen molar-refractivity contribution in [2.45, 2.75) is 32.2 Å². The van der Waals surface area contributed by atoms with Crippen LogP contribution in [-0.2, 0) is 6.54 Å². The normalized spacial score (nSPS) is 19.7. The summed E-state index contributed by atoms with van der Waals surface area (Å²) >= 11 is 0. The Morgan fingerprint density at radius 3 is 2.71 bits per heavy atom. The van der Waals surface area contributed by atoms with Crippen LogP contribution in [0.1, 0.15) is 31.2 Å². The van der Waals surface area contributed by atoms with E-state index in [9.17, 15) is 4.39 Å². The molecule has 1 saturated heterocycles. The molecule has 0 atom stereocenters. The molecular formula is C17H25FN2O. The Labute approximate surface area is 126 Å². The third-order valence-electron chi connectivity index (χ3n) is 4.40. The molecule has 0 bridgehead atoms. The molecule has 0 radical (unpaired) electrons. The lowest BCUT2D eigenvalue weighted by Crippen LogP contribution is -2.33. The van der Waals surface area contributed by atoms with Crippen molar-refractivity contribution in [3.63, 3.8) is 0 Å². The van der Waals surface area contributed by atoms with Crippen LogP contribution in [0.25, 0.3) is 0 Å². The number of halogens is 1. The predicted octanol–water partition coefficient (Wildman–Crippen LogP) is 2.70. The second-order valence-electron chi connectivity index (χ2n) is 6.33. The van der Waals surface area contributed by atoms with Crippen molar-refractivity contribution in [2.75, 3.05) is 26.2 Å². The molecule has 1 heterocycles. The molecule has 0 aromatic heterocycles. The van der Waals surface area contributed by atoms with Crippen molar-refractivity contribution in [3.05, 3.63) is 29.6 Å². The number of piperidine rings is 1. The minimum atomic E-state index is -0.188. The summed E-state index contributed by atoms with van der Waals surface area (Å²) in [5.74, 6) is 2.09. The first-order valence-corrected chi connectivity index (χ1v) is 8.14. The number of rotatable bonds is 7. The van der Waals surface area contributed by atoms with Crippen LogP contribution >= 0.6 is 0 Å². The molecule has 3 rings (SSSR count). The van der Waals surface area contributed by atoms with E-state index in [-0.39, 0.29) is 5.82 Å². The molecule has 1 aromatic carbocycles. The van der Waals surface area contributed by atoms with Gasteiger partial charge in [0.25, 0.3) is 0 Å². The van der Waals surface area contributed by atoms with Crippen LogP contribution in [0.3, 0.4) is 0 Å². The Balaban J connectivity index is 1.50. The molecule has 21 heavy (non-hydrogen) atoms. The second-order valence-corrected chi connectivity index (χ2v) is 6.33. The predicted molar refractivity (Wildman–Crippen MR) is 81.9 cm³/mol. The minimum Gasteiger partial charge on any atom is -0.493 e. The van der Waals surface area contributed by atoms with Gasteiger partial charge in [-0.25, -0.2) is 4.39 Å². The van der Waals surface area contributed by atoms with E-state index < -0.39 is 0 Å². The molecule has 116 valence electrons. The van der Waals surface area contributed by atoms with Gasteiger partial charge in [0.15, 0.2) is 0 Å². The molecule has 0 unspecified atom stereocenters. The highest BCUT2D eigenvalue weighted by atomic mass is 19.1. The van der Waals surface area contributed by atoms with Crippen molar-refractivity contribution >= 4 is 0 Å². The second kappa shape index (κ2) is 7.23. The van der Waals surface area contributed by atoms with E-state index in [4.69, 9.17) is 4.74 Å². The quantitative estimate of drug-likeness (QED) is 0.810. The summed E-state index contributed by atoms with van der Waals surface area (Å²) in [6, 6.07) is 4.84. The van der Waals surface area contributed by atoms with Gasteiger partial charge in [-0.15, -0.1) is 0 Å². The number of benzene rings is 1. The lowest BCUT2D eigenvalue weighted by Gasteiger charge is -2.23. The fourth-order valence-electron chi connectivity index (χ4n) is 2.82. The van der Waals surface area contributed by atoms with E-state index >= 15 is 0 Å². The highest BCUT2D eigenvalue weighted by Crippen LogP contribution is 2.30. The average Bonchev–Trinajstić information content (AvgIpc) is 3.32. The Morgan fingerprint density at radius 1 is 1.14 bits per heavy atom.